The zero-order chi connectivity index (χ0) is 23.5. The highest BCUT2D eigenvalue weighted by Gasteiger charge is 2.35. The molecule has 4 rings (SSSR count). The van der Waals surface area contributed by atoms with Crippen molar-refractivity contribution in [1.82, 2.24) is 9.80 Å². The molecule has 2 amide bonds. The van der Waals surface area contributed by atoms with Gasteiger partial charge in [0, 0.05) is 38.6 Å². The predicted molar refractivity (Wildman–Crippen MR) is 136 cm³/mol. The van der Waals surface area contributed by atoms with Crippen LogP contribution in [0.25, 0.3) is 0 Å². The summed E-state index contributed by atoms with van der Waals surface area (Å²) in [5, 5.41) is 3.67. The van der Waals surface area contributed by atoms with Crippen molar-refractivity contribution in [2.45, 2.75) is 25.8 Å². The standard InChI is InChI=1S/C25H23Cl3N2O2S/c1-2-11-29(25(32)16-3-5-17(26)6-4-16)15-23(31)30-12-9-22-20(10-13-33-22)24(30)19-8-7-18(27)14-21(19)28/h3-8,10,13-14,24H,2,9,11-12,15H2,1H3. The molecule has 0 saturated carbocycles. The smallest absolute Gasteiger partial charge is 0.254 e. The summed E-state index contributed by atoms with van der Waals surface area (Å²) in [5.74, 6) is -0.296. The molecule has 4 nitrogen and oxygen atoms in total. The molecule has 0 bridgehead atoms. The lowest BCUT2D eigenvalue weighted by Crippen LogP contribution is -2.47. The minimum atomic E-state index is -0.314. The van der Waals surface area contributed by atoms with Crippen LogP contribution < -0.4 is 0 Å². The summed E-state index contributed by atoms with van der Waals surface area (Å²) in [6.07, 6.45) is 1.52. The Morgan fingerprint density at radius 1 is 1.03 bits per heavy atom. The van der Waals surface area contributed by atoms with Gasteiger partial charge in [0.25, 0.3) is 5.91 Å². The van der Waals surface area contributed by atoms with Gasteiger partial charge in [-0.3, -0.25) is 9.59 Å². The highest BCUT2D eigenvalue weighted by molar-refractivity contribution is 7.10. The summed E-state index contributed by atoms with van der Waals surface area (Å²) in [6.45, 7) is 3.03. The van der Waals surface area contributed by atoms with Crippen LogP contribution >= 0.6 is 46.1 Å². The van der Waals surface area contributed by atoms with Crippen molar-refractivity contribution in [3.63, 3.8) is 0 Å². The quantitative estimate of drug-likeness (QED) is 0.361. The predicted octanol–water partition coefficient (Wildman–Crippen LogP) is 6.73. The lowest BCUT2D eigenvalue weighted by molar-refractivity contribution is -0.134. The Kier molecular flexibility index (Phi) is 7.65. The molecule has 0 radical (unpaired) electrons. The van der Waals surface area contributed by atoms with Gasteiger partial charge >= 0.3 is 0 Å². The van der Waals surface area contributed by atoms with Crippen molar-refractivity contribution < 1.29 is 9.59 Å². The van der Waals surface area contributed by atoms with E-state index in [4.69, 9.17) is 34.8 Å². The van der Waals surface area contributed by atoms with E-state index in [1.54, 1.807) is 52.6 Å². The molecule has 1 aromatic heterocycles. The molecular weight excluding hydrogens is 499 g/mol. The second-order valence-electron chi connectivity index (χ2n) is 7.94. The fourth-order valence-corrected chi connectivity index (χ4v) is 5.74. The molecule has 3 aromatic rings. The van der Waals surface area contributed by atoms with Gasteiger partial charge < -0.3 is 9.80 Å². The third-order valence-electron chi connectivity index (χ3n) is 5.74. The first-order chi connectivity index (χ1) is 15.9. The number of thiophene rings is 1. The maximum absolute atomic E-state index is 13.6. The van der Waals surface area contributed by atoms with Crippen LogP contribution in [0.5, 0.6) is 0 Å². The molecule has 1 aliphatic rings. The minimum Gasteiger partial charge on any atom is -0.330 e. The fourth-order valence-electron chi connectivity index (χ4n) is 4.20. The average molecular weight is 522 g/mol. The van der Waals surface area contributed by atoms with Gasteiger partial charge in [-0.05, 0) is 71.8 Å². The molecule has 8 heteroatoms. The first kappa shape index (κ1) is 24.1. The van der Waals surface area contributed by atoms with Crippen LogP contribution in [0.2, 0.25) is 15.1 Å². The normalized spacial score (nSPS) is 15.3. The second kappa shape index (κ2) is 10.5. The van der Waals surface area contributed by atoms with Crippen LogP contribution in [0.15, 0.2) is 53.9 Å². The van der Waals surface area contributed by atoms with E-state index in [2.05, 4.69) is 6.07 Å². The molecule has 1 unspecified atom stereocenters. The first-order valence-electron chi connectivity index (χ1n) is 10.7. The highest BCUT2D eigenvalue weighted by atomic mass is 35.5. The highest BCUT2D eigenvalue weighted by Crippen LogP contribution is 2.41. The van der Waals surface area contributed by atoms with Gasteiger partial charge in [0.1, 0.15) is 6.54 Å². The summed E-state index contributed by atoms with van der Waals surface area (Å²) >= 11 is 20.4. The zero-order valence-electron chi connectivity index (χ0n) is 18.1. The molecule has 0 saturated heterocycles. The van der Waals surface area contributed by atoms with Crippen molar-refractivity contribution in [1.29, 1.82) is 0 Å². The molecule has 0 N–H and O–H groups in total. The number of halogens is 3. The minimum absolute atomic E-state index is 0.00349. The molecule has 172 valence electrons. The van der Waals surface area contributed by atoms with Crippen molar-refractivity contribution in [2.24, 2.45) is 0 Å². The summed E-state index contributed by atoms with van der Waals surface area (Å²) in [7, 11) is 0. The third kappa shape index (κ3) is 5.22. The monoisotopic (exact) mass is 520 g/mol. The molecular formula is C25H23Cl3N2O2S. The van der Waals surface area contributed by atoms with Gasteiger partial charge in [-0.2, -0.15) is 0 Å². The fraction of sp³-hybridized carbons (Fsp3) is 0.280. The van der Waals surface area contributed by atoms with E-state index in [1.807, 2.05) is 23.3 Å². The number of amides is 2. The van der Waals surface area contributed by atoms with Crippen LogP contribution in [0, 0.1) is 0 Å². The van der Waals surface area contributed by atoms with E-state index in [0.29, 0.717) is 33.7 Å². The van der Waals surface area contributed by atoms with Gasteiger partial charge in [0.15, 0.2) is 0 Å². The molecule has 2 aromatic carbocycles. The number of benzene rings is 2. The Bertz CT molecular complexity index is 1160. The summed E-state index contributed by atoms with van der Waals surface area (Å²) in [6, 6.07) is 13.9. The van der Waals surface area contributed by atoms with Gasteiger partial charge in [-0.1, -0.05) is 47.8 Å². The maximum atomic E-state index is 13.6. The van der Waals surface area contributed by atoms with E-state index < -0.39 is 0 Å². The van der Waals surface area contributed by atoms with Gasteiger partial charge in [0.05, 0.1) is 6.04 Å². The summed E-state index contributed by atoms with van der Waals surface area (Å²) in [5.41, 5.74) is 2.42. The lowest BCUT2D eigenvalue weighted by Gasteiger charge is -2.38. The average Bonchev–Trinajstić information content (AvgIpc) is 3.27. The number of hydrogen-bond donors (Lipinski definition) is 0. The number of nitrogens with zero attached hydrogens (tertiary/aromatic N) is 2. The van der Waals surface area contributed by atoms with E-state index in [1.165, 1.54) is 4.88 Å². The SMILES string of the molecule is CCCN(CC(=O)N1CCc2sccc2C1c1ccc(Cl)cc1Cl)C(=O)c1ccc(Cl)cc1. The number of rotatable bonds is 6. The lowest BCUT2D eigenvalue weighted by atomic mass is 9.93. The van der Waals surface area contributed by atoms with Crippen molar-refractivity contribution in [2.75, 3.05) is 19.6 Å². The number of hydrogen-bond acceptors (Lipinski definition) is 3. The largest absolute Gasteiger partial charge is 0.330 e. The van der Waals surface area contributed by atoms with Crippen LogP contribution in [-0.4, -0.2) is 41.2 Å². The molecule has 2 heterocycles. The molecule has 0 spiro atoms. The Morgan fingerprint density at radius 3 is 2.45 bits per heavy atom. The van der Waals surface area contributed by atoms with Crippen LogP contribution in [0.1, 0.15) is 45.7 Å². The topological polar surface area (TPSA) is 40.6 Å². The van der Waals surface area contributed by atoms with Crippen molar-refractivity contribution in [3.05, 3.63) is 90.5 Å². The maximum Gasteiger partial charge on any atom is 0.254 e. The van der Waals surface area contributed by atoms with E-state index >= 15 is 0 Å². The summed E-state index contributed by atoms with van der Waals surface area (Å²) < 4.78 is 0. The summed E-state index contributed by atoms with van der Waals surface area (Å²) in [4.78, 5) is 31.4. The van der Waals surface area contributed by atoms with Gasteiger partial charge in [0.2, 0.25) is 5.91 Å². The third-order valence-corrected chi connectivity index (χ3v) is 7.55. The van der Waals surface area contributed by atoms with E-state index in [-0.39, 0.29) is 24.4 Å². The van der Waals surface area contributed by atoms with Crippen molar-refractivity contribution >= 4 is 58.0 Å². The van der Waals surface area contributed by atoms with Crippen LogP contribution in [0.4, 0.5) is 0 Å². The van der Waals surface area contributed by atoms with Crippen LogP contribution in [-0.2, 0) is 11.2 Å². The van der Waals surface area contributed by atoms with Crippen LogP contribution in [0.3, 0.4) is 0 Å². The number of carbonyl (C=O) groups is 2. The number of fused-ring (bicyclic) bond motifs is 1. The Labute approximate surface area is 212 Å². The van der Waals surface area contributed by atoms with E-state index in [9.17, 15) is 9.59 Å². The zero-order valence-corrected chi connectivity index (χ0v) is 21.1. The van der Waals surface area contributed by atoms with Gasteiger partial charge in [-0.25, -0.2) is 0 Å². The molecule has 1 aliphatic heterocycles. The van der Waals surface area contributed by atoms with E-state index in [0.717, 1.165) is 24.0 Å². The molecule has 1 atom stereocenters. The molecule has 0 fully saturated rings. The Morgan fingerprint density at radius 2 is 1.76 bits per heavy atom. The number of carbonyl (C=O) groups excluding carboxylic acids is 2. The Balaban J connectivity index is 1.63. The van der Waals surface area contributed by atoms with Crippen molar-refractivity contribution in [3.8, 4) is 0 Å². The van der Waals surface area contributed by atoms with Gasteiger partial charge in [-0.15, -0.1) is 11.3 Å². The second-order valence-corrected chi connectivity index (χ2v) is 10.2. The molecule has 0 aliphatic carbocycles. The Hall–Kier alpha value is -2.05. The molecule has 33 heavy (non-hydrogen) atoms. The first-order valence-corrected chi connectivity index (χ1v) is 12.8.